The van der Waals surface area contributed by atoms with Gasteiger partial charge in [-0.2, -0.15) is 0 Å². The van der Waals surface area contributed by atoms with Gasteiger partial charge in [-0.25, -0.2) is 0 Å². The molecule has 0 spiro atoms. The van der Waals surface area contributed by atoms with Crippen LogP contribution in [0.1, 0.15) is 5.56 Å². The topological polar surface area (TPSA) is 40.5 Å². The van der Waals surface area contributed by atoms with E-state index in [9.17, 15) is 10.2 Å². The Balaban J connectivity index is 2.09. The molecule has 2 aliphatic rings. The Hall–Kier alpha value is -2.42. The van der Waals surface area contributed by atoms with Gasteiger partial charge in [0.2, 0.25) is 0 Å². The molecule has 0 amide bonds. The molecule has 0 saturated carbocycles. The van der Waals surface area contributed by atoms with Gasteiger partial charge in [0.1, 0.15) is 11.2 Å². The van der Waals surface area contributed by atoms with E-state index in [-0.39, 0.29) is 0 Å². The second-order valence-electron chi connectivity index (χ2n) is 6.18. The predicted octanol–water partition coefficient (Wildman–Crippen LogP) is 2.55. The molecular weight excluding hydrogens is 272 g/mol. The number of hydrogen-bond acceptors (Lipinski definition) is 2. The molecule has 0 fully saturated rings. The first-order chi connectivity index (χ1) is 10.6. The van der Waals surface area contributed by atoms with Crippen LogP contribution < -0.4 is 5.22 Å². The molecule has 0 saturated heterocycles. The average Bonchev–Trinajstić information content (AvgIpc) is 2.53. The molecule has 106 valence electrons. The van der Waals surface area contributed by atoms with Crippen LogP contribution >= 0.6 is 0 Å². The monoisotopic (exact) mass is 286 g/mol. The summed E-state index contributed by atoms with van der Waals surface area (Å²) < 4.78 is 0. The standard InChI is InChI=1S/C20H14O2/c21-19-10-1-2-11-20(19,22)16-9-8-14-5-3-4-13-6-7-15(12-19)18(16)17(13)14/h1-12,21-22H. The zero-order valence-electron chi connectivity index (χ0n) is 11.8. The fraction of sp³-hybridized carbons (Fsp3) is 0.100. The molecule has 2 aliphatic carbocycles. The summed E-state index contributed by atoms with van der Waals surface area (Å²) in [5, 5.41) is 27.7. The number of rotatable bonds is 0. The fourth-order valence-electron chi connectivity index (χ4n) is 3.91. The second kappa shape index (κ2) is 3.67. The van der Waals surface area contributed by atoms with Crippen molar-refractivity contribution in [3.05, 3.63) is 77.6 Å². The minimum absolute atomic E-state index is 0.761. The largest absolute Gasteiger partial charge is 0.378 e. The minimum Gasteiger partial charge on any atom is -0.378 e. The van der Waals surface area contributed by atoms with E-state index in [4.69, 9.17) is 0 Å². The summed E-state index contributed by atoms with van der Waals surface area (Å²) in [5.74, 6) is 0. The van der Waals surface area contributed by atoms with Gasteiger partial charge < -0.3 is 10.2 Å². The number of aliphatic hydroxyl groups is 2. The van der Waals surface area contributed by atoms with Gasteiger partial charge in [-0.05, 0) is 50.6 Å². The van der Waals surface area contributed by atoms with E-state index in [2.05, 4.69) is 18.2 Å². The van der Waals surface area contributed by atoms with E-state index in [0.29, 0.717) is 0 Å². The van der Waals surface area contributed by atoms with Gasteiger partial charge in [-0.15, -0.1) is 0 Å². The van der Waals surface area contributed by atoms with Gasteiger partial charge in [0, 0.05) is 0 Å². The summed E-state index contributed by atoms with van der Waals surface area (Å²) in [6.45, 7) is 0. The molecule has 0 radical (unpaired) electrons. The van der Waals surface area contributed by atoms with E-state index in [1.54, 1.807) is 30.4 Å². The predicted molar refractivity (Wildman–Crippen MR) is 88.3 cm³/mol. The summed E-state index contributed by atoms with van der Waals surface area (Å²) >= 11 is 0. The van der Waals surface area contributed by atoms with E-state index in [1.165, 1.54) is 0 Å². The maximum atomic E-state index is 11.2. The highest BCUT2D eigenvalue weighted by Gasteiger charge is 2.49. The maximum Gasteiger partial charge on any atom is 0.144 e. The zero-order valence-corrected chi connectivity index (χ0v) is 11.8. The minimum atomic E-state index is -1.42. The maximum absolute atomic E-state index is 11.2. The van der Waals surface area contributed by atoms with Gasteiger partial charge in [-0.1, -0.05) is 54.6 Å². The van der Waals surface area contributed by atoms with E-state index < -0.39 is 11.2 Å². The van der Waals surface area contributed by atoms with Crippen LogP contribution in [0.2, 0.25) is 0 Å². The number of allylic oxidation sites excluding steroid dienone is 2. The van der Waals surface area contributed by atoms with E-state index in [0.717, 1.165) is 32.3 Å². The van der Waals surface area contributed by atoms with E-state index in [1.807, 2.05) is 24.3 Å². The van der Waals surface area contributed by atoms with Gasteiger partial charge in [0.15, 0.2) is 0 Å². The molecule has 0 heterocycles. The van der Waals surface area contributed by atoms with Crippen LogP contribution in [0.15, 0.2) is 66.8 Å². The first kappa shape index (κ1) is 12.2. The Morgan fingerprint density at radius 2 is 1.45 bits per heavy atom. The molecule has 0 bridgehead atoms. The van der Waals surface area contributed by atoms with Crippen LogP contribution in [0, 0.1) is 0 Å². The molecule has 2 N–H and O–H groups in total. The Labute approximate surface area is 127 Å². The summed E-state index contributed by atoms with van der Waals surface area (Å²) in [7, 11) is 0. The third-order valence-electron chi connectivity index (χ3n) is 5.00. The average molecular weight is 286 g/mol. The molecule has 3 aromatic rings. The lowest BCUT2D eigenvalue weighted by molar-refractivity contribution is -0.0589. The molecule has 0 aromatic heterocycles. The lowest BCUT2D eigenvalue weighted by Gasteiger charge is -2.42. The summed E-state index contributed by atoms with van der Waals surface area (Å²) in [4.78, 5) is 0. The van der Waals surface area contributed by atoms with Crippen molar-refractivity contribution < 1.29 is 10.2 Å². The van der Waals surface area contributed by atoms with Crippen molar-refractivity contribution in [2.24, 2.45) is 0 Å². The number of fused-ring (bicyclic) bond motifs is 2. The summed E-state index contributed by atoms with van der Waals surface area (Å²) in [5.41, 5.74) is -2.07. The highest BCUT2D eigenvalue weighted by molar-refractivity contribution is 6.12. The molecule has 5 rings (SSSR count). The lowest BCUT2D eigenvalue weighted by Crippen LogP contribution is -2.52. The fourth-order valence-corrected chi connectivity index (χ4v) is 3.91. The van der Waals surface area contributed by atoms with E-state index >= 15 is 0 Å². The Morgan fingerprint density at radius 1 is 0.727 bits per heavy atom. The van der Waals surface area contributed by atoms with Crippen LogP contribution in [0.4, 0.5) is 0 Å². The number of benzene rings is 3. The van der Waals surface area contributed by atoms with Crippen LogP contribution in [0.25, 0.3) is 27.6 Å². The van der Waals surface area contributed by atoms with Crippen molar-refractivity contribution in [1.82, 2.24) is 0 Å². The van der Waals surface area contributed by atoms with Crippen molar-refractivity contribution in [2.75, 3.05) is 0 Å². The van der Waals surface area contributed by atoms with Crippen LogP contribution in [0.3, 0.4) is 0 Å². The zero-order chi connectivity index (χ0) is 14.9. The van der Waals surface area contributed by atoms with Crippen molar-refractivity contribution in [1.29, 1.82) is 0 Å². The normalized spacial score (nSPS) is 28.8. The third kappa shape index (κ3) is 1.23. The molecule has 2 unspecified atom stereocenters. The molecule has 2 atom stereocenters. The van der Waals surface area contributed by atoms with Crippen LogP contribution in [0.5, 0.6) is 0 Å². The number of hydrogen-bond donors (Lipinski definition) is 2. The smallest absolute Gasteiger partial charge is 0.144 e. The van der Waals surface area contributed by atoms with Crippen molar-refractivity contribution in [3.8, 4) is 0 Å². The molecule has 3 aromatic carbocycles. The highest BCUT2D eigenvalue weighted by Crippen LogP contribution is 2.45. The molecular formula is C20H14O2. The quantitative estimate of drug-likeness (QED) is 0.667. The second-order valence-corrected chi connectivity index (χ2v) is 6.18. The summed E-state index contributed by atoms with van der Waals surface area (Å²) in [6.07, 6.45) is 8.66. The highest BCUT2D eigenvalue weighted by atomic mass is 16.4. The first-order valence-corrected chi connectivity index (χ1v) is 7.42. The van der Waals surface area contributed by atoms with Crippen molar-refractivity contribution in [2.45, 2.75) is 11.2 Å². The summed E-state index contributed by atoms with van der Waals surface area (Å²) in [6, 6.07) is 14.2. The van der Waals surface area contributed by atoms with Gasteiger partial charge >= 0.3 is 0 Å². The molecule has 0 aliphatic heterocycles. The SMILES string of the molecule is OC12C=CC=CC1(O)c1ccc3cccc4ccc(c1c34)=C2. The van der Waals surface area contributed by atoms with Crippen molar-refractivity contribution in [3.63, 3.8) is 0 Å². The van der Waals surface area contributed by atoms with Crippen LogP contribution in [-0.4, -0.2) is 15.8 Å². The van der Waals surface area contributed by atoms with Gasteiger partial charge in [0.25, 0.3) is 0 Å². The molecule has 2 heteroatoms. The Morgan fingerprint density at radius 3 is 2.27 bits per heavy atom. The first-order valence-electron chi connectivity index (χ1n) is 7.42. The van der Waals surface area contributed by atoms with Gasteiger partial charge in [-0.3, -0.25) is 0 Å². The van der Waals surface area contributed by atoms with Gasteiger partial charge in [0.05, 0.1) is 0 Å². The van der Waals surface area contributed by atoms with Crippen LogP contribution in [-0.2, 0) is 5.60 Å². The molecule has 22 heavy (non-hydrogen) atoms. The van der Waals surface area contributed by atoms with Crippen molar-refractivity contribution >= 4 is 27.6 Å². The lowest BCUT2D eigenvalue weighted by atomic mass is 9.69. The Kier molecular flexibility index (Phi) is 2.03. The Bertz CT molecular complexity index is 1040. The third-order valence-corrected chi connectivity index (χ3v) is 5.00. The molecule has 2 nitrogen and oxygen atoms in total.